The highest BCUT2D eigenvalue weighted by molar-refractivity contribution is 6.13. The van der Waals surface area contributed by atoms with Gasteiger partial charge in [-0.2, -0.15) is 5.10 Å². The van der Waals surface area contributed by atoms with Crippen molar-refractivity contribution in [3.63, 3.8) is 0 Å². The maximum atomic E-state index is 12.7. The van der Waals surface area contributed by atoms with E-state index in [0.717, 1.165) is 5.69 Å². The van der Waals surface area contributed by atoms with Crippen molar-refractivity contribution < 1.29 is 18.7 Å². The molecule has 0 spiro atoms. The SMILES string of the molecule is CCOC(=O)c1oc2ccccc2c1NC(=O)c1cc(C)nn1CC. The highest BCUT2D eigenvalue weighted by Gasteiger charge is 2.24. The average Bonchev–Trinajstić information content (AvgIpc) is 3.16. The number of rotatable bonds is 5. The molecule has 1 aromatic carbocycles. The van der Waals surface area contributed by atoms with E-state index in [4.69, 9.17) is 9.15 Å². The molecule has 3 rings (SSSR count). The second-order valence-corrected chi connectivity index (χ2v) is 5.46. The van der Waals surface area contributed by atoms with Crippen molar-refractivity contribution in [1.29, 1.82) is 0 Å². The molecule has 7 heteroatoms. The Morgan fingerprint density at radius 3 is 2.76 bits per heavy atom. The number of fused-ring (bicyclic) bond motifs is 1. The van der Waals surface area contributed by atoms with Crippen LogP contribution in [-0.2, 0) is 11.3 Å². The van der Waals surface area contributed by atoms with Gasteiger partial charge < -0.3 is 14.5 Å². The first kappa shape index (κ1) is 16.8. The summed E-state index contributed by atoms with van der Waals surface area (Å²) in [5.74, 6) is -0.996. The van der Waals surface area contributed by atoms with Crippen molar-refractivity contribution in [3.8, 4) is 0 Å². The van der Waals surface area contributed by atoms with E-state index in [9.17, 15) is 9.59 Å². The monoisotopic (exact) mass is 341 g/mol. The number of carbonyl (C=O) groups is 2. The van der Waals surface area contributed by atoms with Crippen LogP contribution in [0.2, 0.25) is 0 Å². The van der Waals surface area contributed by atoms with Gasteiger partial charge in [-0.25, -0.2) is 4.79 Å². The summed E-state index contributed by atoms with van der Waals surface area (Å²) >= 11 is 0. The zero-order chi connectivity index (χ0) is 18.0. The number of ether oxygens (including phenoxy) is 1. The number of furan rings is 1. The summed E-state index contributed by atoms with van der Waals surface area (Å²) in [4.78, 5) is 24.9. The van der Waals surface area contributed by atoms with Crippen LogP contribution in [0.5, 0.6) is 0 Å². The summed E-state index contributed by atoms with van der Waals surface area (Å²) in [6, 6.07) is 8.81. The molecule has 0 saturated heterocycles. The van der Waals surface area contributed by atoms with Crippen LogP contribution in [0, 0.1) is 6.92 Å². The maximum absolute atomic E-state index is 12.7. The van der Waals surface area contributed by atoms with Crippen LogP contribution in [0.25, 0.3) is 11.0 Å². The maximum Gasteiger partial charge on any atom is 0.376 e. The van der Waals surface area contributed by atoms with Crippen molar-refractivity contribution in [2.75, 3.05) is 11.9 Å². The van der Waals surface area contributed by atoms with Crippen molar-refractivity contribution >= 4 is 28.5 Å². The van der Waals surface area contributed by atoms with E-state index < -0.39 is 5.97 Å². The number of carbonyl (C=O) groups excluding carboxylic acids is 2. The Morgan fingerprint density at radius 2 is 2.04 bits per heavy atom. The Balaban J connectivity index is 2.03. The molecule has 0 atom stereocenters. The van der Waals surface area contributed by atoms with Crippen LogP contribution in [0.1, 0.15) is 40.6 Å². The number of anilines is 1. The molecular formula is C18H19N3O4. The van der Waals surface area contributed by atoms with Crippen molar-refractivity contribution in [1.82, 2.24) is 9.78 Å². The molecule has 2 heterocycles. The summed E-state index contributed by atoms with van der Waals surface area (Å²) in [5.41, 5.74) is 1.97. The van der Waals surface area contributed by atoms with E-state index in [1.165, 1.54) is 0 Å². The number of hydrogen-bond acceptors (Lipinski definition) is 5. The minimum absolute atomic E-state index is 0.0179. The molecule has 0 aliphatic rings. The lowest BCUT2D eigenvalue weighted by Crippen LogP contribution is -2.19. The number of hydrogen-bond donors (Lipinski definition) is 1. The molecule has 0 unspecified atom stereocenters. The third-order valence-corrected chi connectivity index (χ3v) is 3.73. The molecule has 25 heavy (non-hydrogen) atoms. The minimum atomic E-state index is -0.617. The van der Waals surface area contributed by atoms with Gasteiger partial charge in [-0.05, 0) is 39.0 Å². The molecule has 0 aliphatic heterocycles. The van der Waals surface area contributed by atoms with E-state index in [1.54, 1.807) is 35.9 Å². The predicted molar refractivity (Wildman–Crippen MR) is 92.8 cm³/mol. The lowest BCUT2D eigenvalue weighted by atomic mass is 10.2. The zero-order valence-electron chi connectivity index (χ0n) is 14.3. The normalized spacial score (nSPS) is 10.8. The standard InChI is InChI=1S/C18H19N3O4/c1-4-21-13(10-11(3)20-21)17(22)19-15-12-8-6-7-9-14(12)25-16(15)18(23)24-5-2/h6-10H,4-5H2,1-3H3,(H,19,22). The molecule has 0 aliphatic carbocycles. The topological polar surface area (TPSA) is 86.4 Å². The molecule has 0 fully saturated rings. The van der Waals surface area contributed by atoms with E-state index >= 15 is 0 Å². The second-order valence-electron chi connectivity index (χ2n) is 5.46. The number of aromatic nitrogens is 2. The van der Waals surface area contributed by atoms with Crippen LogP contribution in [-0.4, -0.2) is 28.3 Å². The molecule has 130 valence electrons. The lowest BCUT2D eigenvalue weighted by molar-refractivity contribution is 0.0494. The first-order valence-corrected chi connectivity index (χ1v) is 8.09. The van der Waals surface area contributed by atoms with Gasteiger partial charge in [-0.3, -0.25) is 9.48 Å². The van der Waals surface area contributed by atoms with Gasteiger partial charge in [0.15, 0.2) is 0 Å². The molecule has 2 aromatic heterocycles. The lowest BCUT2D eigenvalue weighted by Gasteiger charge is -2.07. The van der Waals surface area contributed by atoms with Crippen molar-refractivity contribution in [2.45, 2.75) is 27.3 Å². The first-order valence-electron chi connectivity index (χ1n) is 8.09. The van der Waals surface area contributed by atoms with Gasteiger partial charge in [0.05, 0.1) is 12.3 Å². The molecular weight excluding hydrogens is 322 g/mol. The predicted octanol–water partition coefficient (Wildman–Crippen LogP) is 3.39. The van der Waals surface area contributed by atoms with Crippen molar-refractivity contribution in [2.24, 2.45) is 0 Å². The minimum Gasteiger partial charge on any atom is -0.460 e. The molecule has 0 bridgehead atoms. The third-order valence-electron chi connectivity index (χ3n) is 3.73. The number of para-hydroxylation sites is 1. The highest BCUT2D eigenvalue weighted by atomic mass is 16.5. The van der Waals surface area contributed by atoms with Crippen LogP contribution in [0.15, 0.2) is 34.7 Å². The van der Waals surface area contributed by atoms with Crippen LogP contribution in [0.3, 0.4) is 0 Å². The van der Waals surface area contributed by atoms with Crippen molar-refractivity contribution in [3.05, 3.63) is 47.5 Å². The summed E-state index contributed by atoms with van der Waals surface area (Å²) in [6.45, 7) is 6.21. The molecule has 0 radical (unpaired) electrons. The average molecular weight is 341 g/mol. The summed E-state index contributed by atoms with van der Waals surface area (Å²) in [6.07, 6.45) is 0. The van der Waals surface area contributed by atoms with Gasteiger partial charge in [0, 0.05) is 11.9 Å². The Labute approximate surface area is 144 Å². The number of benzene rings is 1. The van der Waals surface area contributed by atoms with Gasteiger partial charge in [-0.1, -0.05) is 12.1 Å². The fourth-order valence-corrected chi connectivity index (χ4v) is 2.66. The first-order chi connectivity index (χ1) is 12.0. The molecule has 0 saturated carbocycles. The number of nitrogens with one attached hydrogen (secondary N) is 1. The van der Waals surface area contributed by atoms with Crippen LogP contribution < -0.4 is 5.32 Å². The Hall–Kier alpha value is -3.09. The number of aryl methyl sites for hydroxylation is 2. The zero-order valence-corrected chi connectivity index (χ0v) is 14.3. The Bertz CT molecular complexity index is 939. The summed E-state index contributed by atoms with van der Waals surface area (Å²) in [5, 5.41) is 7.69. The molecule has 1 amide bonds. The number of esters is 1. The summed E-state index contributed by atoms with van der Waals surface area (Å²) < 4.78 is 12.2. The highest BCUT2D eigenvalue weighted by Crippen LogP contribution is 2.31. The van der Waals surface area contributed by atoms with Gasteiger partial charge >= 0.3 is 5.97 Å². The quantitative estimate of drug-likeness (QED) is 0.719. The molecule has 3 aromatic rings. The molecule has 1 N–H and O–H groups in total. The number of amides is 1. The Morgan fingerprint density at radius 1 is 1.28 bits per heavy atom. The van der Waals surface area contributed by atoms with E-state index in [-0.39, 0.29) is 18.3 Å². The number of nitrogens with zero attached hydrogens (tertiary/aromatic N) is 2. The fraction of sp³-hybridized carbons (Fsp3) is 0.278. The van der Waals surface area contributed by atoms with Gasteiger partial charge in [0.1, 0.15) is 17.0 Å². The van der Waals surface area contributed by atoms with Gasteiger partial charge in [0.2, 0.25) is 5.76 Å². The van der Waals surface area contributed by atoms with E-state index in [0.29, 0.717) is 28.9 Å². The fourth-order valence-electron chi connectivity index (χ4n) is 2.66. The molecule has 7 nitrogen and oxygen atoms in total. The van der Waals surface area contributed by atoms with E-state index in [1.807, 2.05) is 19.9 Å². The Kier molecular flexibility index (Phi) is 4.56. The smallest absolute Gasteiger partial charge is 0.376 e. The van der Waals surface area contributed by atoms with Crippen LogP contribution in [0.4, 0.5) is 5.69 Å². The van der Waals surface area contributed by atoms with E-state index in [2.05, 4.69) is 10.4 Å². The largest absolute Gasteiger partial charge is 0.460 e. The van der Waals surface area contributed by atoms with Gasteiger partial charge in [-0.15, -0.1) is 0 Å². The third kappa shape index (κ3) is 3.13. The van der Waals surface area contributed by atoms with Gasteiger partial charge in [0.25, 0.3) is 5.91 Å². The summed E-state index contributed by atoms with van der Waals surface area (Å²) in [7, 11) is 0. The van der Waals surface area contributed by atoms with Crippen LogP contribution >= 0.6 is 0 Å². The second kappa shape index (κ2) is 6.80.